The van der Waals surface area contributed by atoms with E-state index < -0.39 is 0 Å². The maximum atomic E-state index is 4.79. The molecule has 1 aromatic carbocycles. The van der Waals surface area contributed by atoms with Crippen LogP contribution in [0, 0.1) is 6.07 Å². The Bertz CT molecular complexity index is 218. The first kappa shape index (κ1) is 7.79. The van der Waals surface area contributed by atoms with Crippen molar-refractivity contribution in [1.29, 1.82) is 0 Å². The maximum Gasteiger partial charge on any atom is 0.114 e. The van der Waals surface area contributed by atoms with Crippen molar-refractivity contribution in [3.8, 4) is 0 Å². The molecule has 0 aliphatic rings. The van der Waals surface area contributed by atoms with Gasteiger partial charge in [-0.15, -0.1) is 0 Å². The maximum absolute atomic E-state index is 4.79. The first-order chi connectivity index (χ1) is 5.43. The summed E-state index contributed by atoms with van der Waals surface area (Å²) in [6.45, 7) is 2.50. The van der Waals surface area contributed by atoms with E-state index in [0.29, 0.717) is 6.61 Å². The molecule has 1 radical (unpaired) electrons. The fraction of sp³-hybridized carbons (Fsp3) is 0.222. The highest BCUT2D eigenvalue weighted by atomic mass is 16.6. The third-order valence-electron chi connectivity index (χ3n) is 1.13. The van der Waals surface area contributed by atoms with Gasteiger partial charge >= 0.3 is 0 Å². The minimum atomic E-state index is 0.601. The van der Waals surface area contributed by atoms with Crippen LogP contribution in [0.1, 0.15) is 12.5 Å². The van der Waals surface area contributed by atoms with Crippen molar-refractivity contribution in [2.24, 2.45) is 5.16 Å². The van der Waals surface area contributed by atoms with Crippen molar-refractivity contribution in [3.63, 3.8) is 0 Å². The summed E-state index contributed by atoms with van der Waals surface area (Å²) in [5.74, 6) is 0. The second-order valence-electron chi connectivity index (χ2n) is 1.97. The molecule has 0 saturated carbocycles. The predicted molar refractivity (Wildman–Crippen MR) is 44.5 cm³/mol. The number of benzene rings is 1. The van der Waals surface area contributed by atoms with Gasteiger partial charge < -0.3 is 4.84 Å². The van der Waals surface area contributed by atoms with Gasteiger partial charge in [-0.3, -0.25) is 0 Å². The van der Waals surface area contributed by atoms with E-state index in [0.717, 1.165) is 5.56 Å². The van der Waals surface area contributed by atoms with Gasteiger partial charge in [0.25, 0.3) is 0 Å². The number of rotatable bonds is 3. The van der Waals surface area contributed by atoms with Crippen molar-refractivity contribution >= 4 is 6.21 Å². The lowest BCUT2D eigenvalue weighted by molar-refractivity contribution is 0.160. The van der Waals surface area contributed by atoms with Gasteiger partial charge in [0.15, 0.2) is 0 Å². The van der Waals surface area contributed by atoms with E-state index in [-0.39, 0.29) is 0 Å². The molecule has 0 aromatic heterocycles. The topological polar surface area (TPSA) is 21.6 Å². The molecule has 0 amide bonds. The largest absolute Gasteiger partial charge is 0.396 e. The Morgan fingerprint density at radius 2 is 2.55 bits per heavy atom. The highest BCUT2D eigenvalue weighted by Gasteiger charge is 1.82. The van der Waals surface area contributed by atoms with E-state index in [1.807, 2.05) is 31.2 Å². The molecular weight excluding hydrogens is 138 g/mol. The number of hydrogen-bond donors (Lipinski definition) is 0. The summed E-state index contributed by atoms with van der Waals surface area (Å²) >= 11 is 0. The van der Waals surface area contributed by atoms with Gasteiger partial charge in [0, 0.05) is 5.56 Å². The van der Waals surface area contributed by atoms with Gasteiger partial charge in [-0.1, -0.05) is 29.4 Å². The van der Waals surface area contributed by atoms with Gasteiger partial charge in [-0.25, -0.2) is 0 Å². The second kappa shape index (κ2) is 4.50. The van der Waals surface area contributed by atoms with Gasteiger partial charge in [0.2, 0.25) is 0 Å². The molecule has 0 spiro atoms. The number of nitrogens with zero attached hydrogens (tertiary/aromatic N) is 1. The summed E-state index contributed by atoms with van der Waals surface area (Å²) < 4.78 is 0. The molecule has 2 nitrogen and oxygen atoms in total. The zero-order valence-electron chi connectivity index (χ0n) is 6.45. The van der Waals surface area contributed by atoms with E-state index in [2.05, 4.69) is 11.2 Å². The lowest BCUT2D eigenvalue weighted by Gasteiger charge is -1.90. The molecule has 1 aromatic rings. The molecule has 0 atom stereocenters. The average Bonchev–Trinajstić information content (AvgIpc) is 2.07. The van der Waals surface area contributed by atoms with Gasteiger partial charge in [-0.05, 0) is 13.0 Å². The highest BCUT2D eigenvalue weighted by molar-refractivity contribution is 5.78. The first-order valence-corrected chi connectivity index (χ1v) is 3.55. The molecule has 0 fully saturated rings. The zero-order chi connectivity index (χ0) is 7.94. The third kappa shape index (κ3) is 2.85. The van der Waals surface area contributed by atoms with Crippen LogP contribution in [0.15, 0.2) is 29.4 Å². The molecule has 1 rings (SSSR count). The highest BCUT2D eigenvalue weighted by Crippen LogP contribution is 1.92. The first-order valence-electron chi connectivity index (χ1n) is 3.55. The van der Waals surface area contributed by atoms with Gasteiger partial charge in [0.1, 0.15) is 6.61 Å². The average molecular weight is 148 g/mol. The van der Waals surface area contributed by atoms with Crippen LogP contribution in [-0.4, -0.2) is 12.8 Å². The Balaban J connectivity index is 2.50. The standard InChI is InChI=1S/C9H10NO/c1-2-11-10-8-9-6-4-3-5-7-9/h3-6,8H,2H2,1H3/b10-8-. The molecule has 11 heavy (non-hydrogen) atoms. The Morgan fingerprint density at radius 1 is 1.64 bits per heavy atom. The molecule has 2 heteroatoms. The quantitative estimate of drug-likeness (QED) is 0.473. The molecular formula is C9H10NO. The number of oxime groups is 1. The van der Waals surface area contributed by atoms with Gasteiger partial charge in [0.05, 0.1) is 6.21 Å². The Morgan fingerprint density at radius 3 is 3.18 bits per heavy atom. The van der Waals surface area contributed by atoms with E-state index in [1.165, 1.54) is 0 Å². The minimum absolute atomic E-state index is 0.601. The van der Waals surface area contributed by atoms with Crippen LogP contribution in [0.4, 0.5) is 0 Å². The van der Waals surface area contributed by atoms with Gasteiger partial charge in [-0.2, -0.15) is 0 Å². The molecule has 0 heterocycles. The summed E-state index contributed by atoms with van der Waals surface area (Å²) in [5, 5.41) is 3.70. The normalized spacial score (nSPS) is 10.3. The molecule has 0 unspecified atom stereocenters. The van der Waals surface area contributed by atoms with E-state index in [1.54, 1.807) is 6.21 Å². The van der Waals surface area contributed by atoms with Crippen molar-refractivity contribution in [2.45, 2.75) is 6.92 Å². The van der Waals surface area contributed by atoms with E-state index >= 15 is 0 Å². The summed E-state index contributed by atoms with van der Waals surface area (Å²) in [6, 6.07) is 10.6. The summed E-state index contributed by atoms with van der Waals surface area (Å²) in [6.07, 6.45) is 1.64. The van der Waals surface area contributed by atoms with Crippen molar-refractivity contribution < 1.29 is 4.84 Å². The molecule has 0 aliphatic carbocycles. The van der Waals surface area contributed by atoms with E-state index in [4.69, 9.17) is 4.84 Å². The van der Waals surface area contributed by atoms with Crippen LogP contribution in [0.5, 0.6) is 0 Å². The van der Waals surface area contributed by atoms with Crippen molar-refractivity contribution in [3.05, 3.63) is 35.9 Å². The van der Waals surface area contributed by atoms with Crippen LogP contribution in [0.3, 0.4) is 0 Å². The van der Waals surface area contributed by atoms with Crippen LogP contribution in [0.2, 0.25) is 0 Å². The number of hydrogen-bond acceptors (Lipinski definition) is 2. The fourth-order valence-corrected chi connectivity index (χ4v) is 0.656. The Labute approximate surface area is 66.5 Å². The monoisotopic (exact) mass is 148 g/mol. The second-order valence-corrected chi connectivity index (χ2v) is 1.97. The zero-order valence-corrected chi connectivity index (χ0v) is 6.45. The lowest BCUT2D eigenvalue weighted by atomic mass is 10.2. The summed E-state index contributed by atoms with van der Waals surface area (Å²) in [5.41, 5.74) is 0.931. The fourth-order valence-electron chi connectivity index (χ4n) is 0.656. The van der Waals surface area contributed by atoms with Crippen LogP contribution in [0.25, 0.3) is 0 Å². The molecule has 57 valence electrons. The summed E-state index contributed by atoms with van der Waals surface area (Å²) in [7, 11) is 0. The molecule has 0 N–H and O–H groups in total. The van der Waals surface area contributed by atoms with Crippen molar-refractivity contribution in [1.82, 2.24) is 0 Å². The van der Waals surface area contributed by atoms with E-state index in [9.17, 15) is 0 Å². The van der Waals surface area contributed by atoms with Crippen LogP contribution in [-0.2, 0) is 4.84 Å². The smallest absolute Gasteiger partial charge is 0.114 e. The Kier molecular flexibility index (Phi) is 3.19. The van der Waals surface area contributed by atoms with Crippen LogP contribution >= 0.6 is 0 Å². The predicted octanol–water partition coefficient (Wildman–Crippen LogP) is 1.86. The molecule has 0 aliphatic heterocycles. The van der Waals surface area contributed by atoms with Crippen molar-refractivity contribution in [2.75, 3.05) is 6.61 Å². The third-order valence-corrected chi connectivity index (χ3v) is 1.13. The molecule has 0 bridgehead atoms. The lowest BCUT2D eigenvalue weighted by Crippen LogP contribution is -1.83. The summed E-state index contributed by atoms with van der Waals surface area (Å²) in [4.78, 5) is 4.79. The SMILES string of the molecule is CCO/N=C\c1[c]cccc1. The molecule has 0 saturated heterocycles. The van der Waals surface area contributed by atoms with Crippen LogP contribution < -0.4 is 0 Å². The minimum Gasteiger partial charge on any atom is -0.396 e. The Hall–Kier alpha value is -1.31.